The maximum absolute atomic E-state index is 11.4. The van der Waals surface area contributed by atoms with Crippen LogP contribution in [0.3, 0.4) is 0 Å². The van der Waals surface area contributed by atoms with Gasteiger partial charge in [-0.2, -0.15) is 0 Å². The molecule has 0 amide bonds. The summed E-state index contributed by atoms with van der Waals surface area (Å²) in [5.41, 5.74) is -0.586. The Hall–Kier alpha value is -1.25. The van der Waals surface area contributed by atoms with Gasteiger partial charge in [-0.25, -0.2) is 0 Å². The highest BCUT2D eigenvalue weighted by Crippen LogP contribution is 2.44. The monoisotopic (exact) mass is 208 g/mol. The van der Waals surface area contributed by atoms with Crippen LogP contribution < -0.4 is 0 Å². The SMILES string of the molecule is CC1CCC(Cc2ccco2)(C(=O)O)C1. The molecule has 1 aliphatic rings. The Morgan fingerprint density at radius 3 is 3.00 bits per heavy atom. The Morgan fingerprint density at radius 2 is 2.53 bits per heavy atom. The number of hydrogen-bond donors (Lipinski definition) is 1. The molecule has 2 atom stereocenters. The van der Waals surface area contributed by atoms with Crippen LogP contribution in [0.4, 0.5) is 0 Å². The second-order valence-electron chi connectivity index (χ2n) is 4.69. The third-order valence-corrected chi connectivity index (χ3v) is 3.40. The first-order valence-electron chi connectivity index (χ1n) is 5.38. The highest BCUT2D eigenvalue weighted by molar-refractivity contribution is 5.75. The molecule has 1 aliphatic carbocycles. The van der Waals surface area contributed by atoms with E-state index in [1.54, 1.807) is 6.26 Å². The third kappa shape index (κ3) is 1.91. The van der Waals surface area contributed by atoms with Crippen molar-refractivity contribution >= 4 is 5.97 Å². The van der Waals surface area contributed by atoms with Gasteiger partial charge < -0.3 is 9.52 Å². The van der Waals surface area contributed by atoms with Crippen LogP contribution in [-0.4, -0.2) is 11.1 Å². The van der Waals surface area contributed by atoms with Gasteiger partial charge in [-0.15, -0.1) is 0 Å². The molecule has 15 heavy (non-hydrogen) atoms. The fourth-order valence-electron chi connectivity index (χ4n) is 2.57. The van der Waals surface area contributed by atoms with E-state index >= 15 is 0 Å². The number of rotatable bonds is 3. The van der Waals surface area contributed by atoms with E-state index in [-0.39, 0.29) is 0 Å². The van der Waals surface area contributed by atoms with Gasteiger partial charge in [-0.1, -0.05) is 6.92 Å². The molecule has 1 fully saturated rings. The number of furan rings is 1. The Bertz CT molecular complexity index is 342. The first kappa shape index (κ1) is 10.3. The van der Waals surface area contributed by atoms with Crippen molar-refractivity contribution in [3.05, 3.63) is 24.2 Å². The summed E-state index contributed by atoms with van der Waals surface area (Å²) in [5, 5.41) is 9.34. The maximum Gasteiger partial charge on any atom is 0.310 e. The zero-order valence-corrected chi connectivity index (χ0v) is 8.90. The predicted molar refractivity (Wildman–Crippen MR) is 55.5 cm³/mol. The molecule has 1 heterocycles. The largest absolute Gasteiger partial charge is 0.481 e. The Balaban J connectivity index is 2.17. The van der Waals surface area contributed by atoms with Crippen LogP contribution in [0, 0.1) is 11.3 Å². The molecule has 82 valence electrons. The van der Waals surface area contributed by atoms with Crippen LogP contribution in [0.15, 0.2) is 22.8 Å². The molecule has 0 saturated heterocycles. The zero-order chi connectivity index (χ0) is 10.9. The van der Waals surface area contributed by atoms with Gasteiger partial charge in [0.05, 0.1) is 11.7 Å². The molecule has 0 radical (unpaired) electrons. The zero-order valence-electron chi connectivity index (χ0n) is 8.90. The van der Waals surface area contributed by atoms with Crippen LogP contribution in [-0.2, 0) is 11.2 Å². The van der Waals surface area contributed by atoms with Crippen molar-refractivity contribution in [1.29, 1.82) is 0 Å². The van der Waals surface area contributed by atoms with Crippen molar-refractivity contribution in [3.8, 4) is 0 Å². The van der Waals surface area contributed by atoms with E-state index in [2.05, 4.69) is 6.92 Å². The van der Waals surface area contributed by atoms with Crippen LogP contribution >= 0.6 is 0 Å². The topological polar surface area (TPSA) is 50.4 Å². The number of aliphatic carboxylic acids is 1. The second-order valence-corrected chi connectivity index (χ2v) is 4.69. The average molecular weight is 208 g/mol. The molecule has 0 spiro atoms. The highest BCUT2D eigenvalue weighted by atomic mass is 16.4. The molecular formula is C12H16O3. The molecule has 3 heteroatoms. The number of hydrogen-bond acceptors (Lipinski definition) is 2. The van der Waals surface area contributed by atoms with Crippen molar-refractivity contribution < 1.29 is 14.3 Å². The van der Waals surface area contributed by atoms with E-state index < -0.39 is 11.4 Å². The van der Waals surface area contributed by atoms with Gasteiger partial charge in [-0.3, -0.25) is 4.79 Å². The van der Waals surface area contributed by atoms with Crippen LogP contribution in [0.25, 0.3) is 0 Å². The van der Waals surface area contributed by atoms with E-state index in [0.29, 0.717) is 12.3 Å². The normalized spacial score (nSPS) is 30.6. The van der Waals surface area contributed by atoms with Crippen molar-refractivity contribution in [1.82, 2.24) is 0 Å². The van der Waals surface area contributed by atoms with Crippen LogP contribution in [0.2, 0.25) is 0 Å². The van der Waals surface area contributed by atoms with Gasteiger partial charge >= 0.3 is 5.97 Å². The minimum Gasteiger partial charge on any atom is -0.481 e. The van der Waals surface area contributed by atoms with E-state index in [1.165, 1.54) is 0 Å². The van der Waals surface area contributed by atoms with Gasteiger partial charge in [0.2, 0.25) is 0 Å². The summed E-state index contributed by atoms with van der Waals surface area (Å²) >= 11 is 0. The lowest BCUT2D eigenvalue weighted by atomic mass is 9.81. The fourth-order valence-corrected chi connectivity index (χ4v) is 2.57. The average Bonchev–Trinajstić information content (AvgIpc) is 2.77. The smallest absolute Gasteiger partial charge is 0.310 e. The molecule has 1 saturated carbocycles. The Labute approximate surface area is 89.1 Å². The molecule has 2 unspecified atom stereocenters. The van der Waals surface area contributed by atoms with Gasteiger partial charge in [0.1, 0.15) is 5.76 Å². The molecule has 3 nitrogen and oxygen atoms in total. The molecule has 2 rings (SSSR count). The quantitative estimate of drug-likeness (QED) is 0.830. The summed E-state index contributed by atoms with van der Waals surface area (Å²) < 4.78 is 5.24. The molecule has 0 bridgehead atoms. The van der Waals surface area contributed by atoms with Gasteiger partial charge in [0.25, 0.3) is 0 Å². The van der Waals surface area contributed by atoms with E-state index in [1.807, 2.05) is 12.1 Å². The maximum atomic E-state index is 11.4. The number of carboxylic acid groups (broad SMARTS) is 1. The fraction of sp³-hybridized carbons (Fsp3) is 0.583. The van der Waals surface area contributed by atoms with Gasteiger partial charge in [0.15, 0.2) is 0 Å². The first-order chi connectivity index (χ1) is 7.12. The highest BCUT2D eigenvalue weighted by Gasteiger charge is 2.44. The number of carboxylic acids is 1. The Kier molecular flexibility index (Phi) is 2.55. The summed E-state index contributed by atoms with van der Waals surface area (Å²) in [6.45, 7) is 2.12. The minimum absolute atomic E-state index is 0.510. The minimum atomic E-state index is -0.678. The molecule has 1 aromatic rings. The number of carbonyl (C=O) groups is 1. The predicted octanol–water partition coefficient (Wildman–Crippen LogP) is 2.71. The summed E-state index contributed by atoms with van der Waals surface area (Å²) in [7, 11) is 0. The van der Waals surface area contributed by atoms with E-state index in [4.69, 9.17) is 4.42 Å². The summed E-state index contributed by atoms with van der Waals surface area (Å²) in [4.78, 5) is 11.4. The van der Waals surface area contributed by atoms with Gasteiger partial charge in [-0.05, 0) is 37.3 Å². The molecule has 0 aromatic carbocycles. The third-order valence-electron chi connectivity index (χ3n) is 3.40. The lowest BCUT2D eigenvalue weighted by molar-refractivity contribution is -0.149. The van der Waals surface area contributed by atoms with Crippen molar-refractivity contribution in [2.45, 2.75) is 32.6 Å². The van der Waals surface area contributed by atoms with Crippen LogP contribution in [0.5, 0.6) is 0 Å². The van der Waals surface area contributed by atoms with E-state index in [0.717, 1.165) is 25.0 Å². The van der Waals surface area contributed by atoms with E-state index in [9.17, 15) is 9.90 Å². The standard InChI is InChI=1S/C12H16O3/c1-9-4-5-12(7-9,11(13)14)8-10-3-2-6-15-10/h2-3,6,9H,4-5,7-8H2,1H3,(H,13,14). The molecular weight excluding hydrogens is 192 g/mol. The van der Waals surface area contributed by atoms with Crippen molar-refractivity contribution in [3.63, 3.8) is 0 Å². The molecule has 1 N–H and O–H groups in total. The molecule has 1 aromatic heterocycles. The summed E-state index contributed by atoms with van der Waals surface area (Å²) in [6.07, 6.45) is 4.67. The van der Waals surface area contributed by atoms with Crippen LogP contribution in [0.1, 0.15) is 31.9 Å². The van der Waals surface area contributed by atoms with Crippen molar-refractivity contribution in [2.24, 2.45) is 11.3 Å². The Morgan fingerprint density at radius 1 is 1.73 bits per heavy atom. The lowest BCUT2D eigenvalue weighted by Gasteiger charge is -2.22. The summed E-state index contributed by atoms with van der Waals surface area (Å²) in [6, 6.07) is 3.66. The van der Waals surface area contributed by atoms with Gasteiger partial charge in [0, 0.05) is 6.42 Å². The second kappa shape index (κ2) is 3.72. The lowest BCUT2D eigenvalue weighted by Crippen LogP contribution is -2.30. The molecule has 0 aliphatic heterocycles. The first-order valence-corrected chi connectivity index (χ1v) is 5.38. The summed E-state index contributed by atoms with van der Waals surface area (Å²) in [5.74, 6) is 0.616. The van der Waals surface area contributed by atoms with Crippen molar-refractivity contribution in [2.75, 3.05) is 0 Å².